The number of piperidine rings is 1. The average Bonchev–Trinajstić information content (AvgIpc) is 3.54. The van der Waals surface area contributed by atoms with E-state index in [9.17, 15) is 22.0 Å². The van der Waals surface area contributed by atoms with Crippen LogP contribution in [0.15, 0.2) is 43.0 Å². The van der Waals surface area contributed by atoms with E-state index >= 15 is 0 Å². The number of carbonyl (C=O) groups excluding carboxylic acids is 1. The number of sulfonamides is 1. The zero-order valence-electron chi connectivity index (χ0n) is 17.0. The van der Waals surface area contributed by atoms with Crippen molar-refractivity contribution in [3.8, 4) is 5.69 Å². The second-order valence-corrected chi connectivity index (χ2v) is 10.2. The van der Waals surface area contributed by atoms with Crippen LogP contribution in [0.2, 0.25) is 0 Å². The molecule has 0 atom stereocenters. The van der Waals surface area contributed by atoms with Gasteiger partial charge in [-0.2, -0.15) is 0 Å². The molecule has 0 spiro atoms. The summed E-state index contributed by atoms with van der Waals surface area (Å²) in [6.07, 6.45) is 6.87. The Morgan fingerprint density at radius 2 is 1.88 bits per heavy atom. The number of hydrogen-bond acceptors (Lipinski definition) is 5. The van der Waals surface area contributed by atoms with Gasteiger partial charge in [0.15, 0.2) is 0 Å². The quantitative estimate of drug-likeness (QED) is 0.629. The van der Waals surface area contributed by atoms with Crippen molar-refractivity contribution in [3.05, 3.63) is 48.5 Å². The summed E-state index contributed by atoms with van der Waals surface area (Å²) in [5.74, 6) is -3.04. The molecule has 0 radical (unpaired) electrons. The molecule has 1 amide bonds. The number of likely N-dealkylation sites (tertiary alicyclic amines) is 1. The summed E-state index contributed by atoms with van der Waals surface area (Å²) >= 11 is 0. The molecule has 2 fully saturated rings. The number of nitrogens with zero attached hydrogens (tertiary/aromatic N) is 4. The molecule has 0 aromatic carbocycles. The summed E-state index contributed by atoms with van der Waals surface area (Å²) < 4.78 is 55.5. The summed E-state index contributed by atoms with van der Waals surface area (Å²) in [4.78, 5) is 22.7. The van der Waals surface area contributed by atoms with Gasteiger partial charge in [0.1, 0.15) is 5.65 Å². The normalized spacial score (nSPS) is 18.6. The fraction of sp³-hybridized carbons (Fsp3) is 0.381. The highest BCUT2D eigenvalue weighted by Crippen LogP contribution is 2.31. The van der Waals surface area contributed by atoms with Crippen LogP contribution in [-0.4, -0.2) is 58.0 Å². The Hall–Kier alpha value is -3.08. The molecule has 3 aromatic heterocycles. The number of halogens is 2. The fourth-order valence-electron chi connectivity index (χ4n) is 3.81. The van der Waals surface area contributed by atoms with Gasteiger partial charge in [0, 0.05) is 43.7 Å². The Kier molecular flexibility index (Phi) is 4.88. The third-order valence-electron chi connectivity index (χ3n) is 5.78. The van der Waals surface area contributed by atoms with Gasteiger partial charge in [-0.1, -0.05) is 0 Å². The highest BCUT2D eigenvalue weighted by atomic mass is 32.2. The van der Waals surface area contributed by atoms with Crippen molar-refractivity contribution in [1.29, 1.82) is 0 Å². The number of nitrogens with one attached hydrogen (secondary N) is 1. The summed E-state index contributed by atoms with van der Waals surface area (Å²) in [7, 11) is -3.41. The molecule has 1 saturated carbocycles. The van der Waals surface area contributed by atoms with E-state index in [-0.39, 0.29) is 37.1 Å². The Morgan fingerprint density at radius 3 is 2.59 bits per heavy atom. The lowest BCUT2D eigenvalue weighted by Crippen LogP contribution is -2.42. The number of anilines is 1. The Bertz CT molecular complexity index is 1290. The summed E-state index contributed by atoms with van der Waals surface area (Å²) in [6, 6.07) is 5.13. The van der Waals surface area contributed by atoms with E-state index in [0.717, 1.165) is 0 Å². The Balaban J connectivity index is 1.39. The van der Waals surface area contributed by atoms with Crippen molar-refractivity contribution >= 4 is 32.7 Å². The molecule has 2 aliphatic rings. The largest absolute Gasteiger partial charge is 0.338 e. The molecule has 8 nitrogen and oxygen atoms in total. The summed E-state index contributed by atoms with van der Waals surface area (Å²) in [5.41, 5.74) is 1.88. The van der Waals surface area contributed by atoms with Gasteiger partial charge in [0.05, 0.1) is 34.6 Å². The average molecular weight is 461 g/mol. The molecule has 168 valence electrons. The van der Waals surface area contributed by atoms with Gasteiger partial charge in [-0.25, -0.2) is 22.2 Å². The van der Waals surface area contributed by atoms with Crippen molar-refractivity contribution in [1.82, 2.24) is 19.4 Å². The lowest BCUT2D eigenvalue weighted by atomic mass is 10.1. The highest BCUT2D eigenvalue weighted by Gasteiger charge is 2.36. The molecule has 11 heteroatoms. The van der Waals surface area contributed by atoms with Crippen molar-refractivity contribution in [2.24, 2.45) is 0 Å². The van der Waals surface area contributed by atoms with Crippen LogP contribution in [-0.2, 0) is 10.0 Å². The van der Waals surface area contributed by atoms with Crippen molar-refractivity contribution in [2.75, 3.05) is 17.8 Å². The minimum atomic E-state index is -3.41. The minimum absolute atomic E-state index is 0.0140. The fourth-order valence-corrected chi connectivity index (χ4v) is 5.17. The van der Waals surface area contributed by atoms with Gasteiger partial charge >= 0.3 is 0 Å². The lowest BCUT2D eigenvalue weighted by Gasteiger charge is -2.31. The third-order valence-corrected chi connectivity index (χ3v) is 7.65. The van der Waals surface area contributed by atoms with Gasteiger partial charge < -0.3 is 4.90 Å². The number of alkyl halides is 2. The van der Waals surface area contributed by atoms with E-state index in [1.54, 1.807) is 35.2 Å². The molecular formula is C21H21F2N5O3S. The standard InChI is InChI=1S/C21H21F2N5O3S/c22-21(23)4-7-27(8-5-21)20(29)15-9-14-3-6-28(19(14)25-11-15)17-10-16(12-24-13-17)26-32(30,31)18-1-2-18/h3,6,9-13,18,26H,1-2,4-5,7-8H2. The Labute approximate surface area is 183 Å². The third kappa shape index (κ3) is 4.04. The van der Waals surface area contributed by atoms with Gasteiger partial charge in [0.25, 0.3) is 11.8 Å². The van der Waals surface area contributed by atoms with E-state index in [1.807, 2.05) is 0 Å². The first-order chi connectivity index (χ1) is 15.2. The van der Waals surface area contributed by atoms with Crippen LogP contribution < -0.4 is 4.72 Å². The summed E-state index contributed by atoms with van der Waals surface area (Å²) in [6.45, 7) is 0.0280. The van der Waals surface area contributed by atoms with Gasteiger partial charge in [0.2, 0.25) is 10.0 Å². The number of fused-ring (bicyclic) bond motifs is 1. The lowest BCUT2D eigenvalue weighted by molar-refractivity contribution is -0.0494. The van der Waals surface area contributed by atoms with Crippen molar-refractivity contribution in [3.63, 3.8) is 0 Å². The van der Waals surface area contributed by atoms with E-state index in [0.29, 0.717) is 40.8 Å². The van der Waals surface area contributed by atoms with Crippen molar-refractivity contribution < 1.29 is 22.0 Å². The molecule has 1 aliphatic heterocycles. The van der Waals surface area contributed by atoms with Crippen LogP contribution in [0, 0.1) is 0 Å². The SMILES string of the molecule is O=C(c1cnc2c(ccn2-c2cncc(NS(=O)(=O)C3CC3)c2)c1)N1CCC(F)(F)CC1. The maximum Gasteiger partial charge on any atom is 0.255 e. The smallest absolute Gasteiger partial charge is 0.255 e. The van der Waals surface area contributed by atoms with Gasteiger partial charge in [-0.3, -0.25) is 19.1 Å². The number of pyridine rings is 2. The van der Waals surface area contributed by atoms with Gasteiger partial charge in [-0.05, 0) is 31.0 Å². The maximum atomic E-state index is 13.4. The predicted octanol–water partition coefficient (Wildman–Crippen LogP) is 3.20. The topological polar surface area (TPSA) is 97.2 Å². The van der Waals surface area contributed by atoms with Crippen LogP contribution in [0.1, 0.15) is 36.0 Å². The first kappa shape index (κ1) is 20.8. The monoisotopic (exact) mass is 461 g/mol. The molecule has 1 N–H and O–H groups in total. The predicted molar refractivity (Wildman–Crippen MR) is 115 cm³/mol. The van der Waals surface area contributed by atoms with Crippen LogP contribution >= 0.6 is 0 Å². The molecule has 1 aliphatic carbocycles. The number of aromatic nitrogens is 3. The van der Waals surface area contributed by atoms with Gasteiger partial charge in [-0.15, -0.1) is 0 Å². The van der Waals surface area contributed by atoms with E-state index in [4.69, 9.17) is 0 Å². The number of rotatable bonds is 5. The first-order valence-electron chi connectivity index (χ1n) is 10.3. The molecule has 32 heavy (non-hydrogen) atoms. The zero-order valence-corrected chi connectivity index (χ0v) is 17.9. The highest BCUT2D eigenvalue weighted by molar-refractivity contribution is 7.93. The molecule has 1 saturated heterocycles. The second-order valence-electron chi connectivity index (χ2n) is 8.25. The number of carbonyl (C=O) groups is 1. The number of hydrogen-bond donors (Lipinski definition) is 1. The summed E-state index contributed by atoms with van der Waals surface area (Å²) in [5, 5.41) is 0.351. The van der Waals surface area contributed by atoms with Crippen LogP contribution in [0.5, 0.6) is 0 Å². The first-order valence-corrected chi connectivity index (χ1v) is 11.9. The van der Waals surface area contributed by atoms with E-state index in [1.165, 1.54) is 17.3 Å². The molecule has 4 heterocycles. The maximum absolute atomic E-state index is 13.4. The molecular weight excluding hydrogens is 440 g/mol. The Morgan fingerprint density at radius 1 is 1.12 bits per heavy atom. The van der Waals surface area contributed by atoms with E-state index < -0.39 is 15.9 Å². The molecule has 3 aromatic rings. The van der Waals surface area contributed by atoms with Crippen LogP contribution in [0.4, 0.5) is 14.5 Å². The molecule has 0 bridgehead atoms. The molecule has 0 unspecified atom stereocenters. The minimum Gasteiger partial charge on any atom is -0.338 e. The number of amides is 1. The van der Waals surface area contributed by atoms with Crippen LogP contribution in [0.25, 0.3) is 16.7 Å². The van der Waals surface area contributed by atoms with E-state index in [2.05, 4.69) is 14.7 Å². The molecule has 5 rings (SSSR count). The second kappa shape index (κ2) is 7.51. The van der Waals surface area contributed by atoms with Crippen LogP contribution in [0.3, 0.4) is 0 Å². The van der Waals surface area contributed by atoms with Crippen molar-refractivity contribution in [2.45, 2.75) is 36.9 Å². The zero-order chi connectivity index (χ0) is 22.5.